The van der Waals surface area contributed by atoms with Gasteiger partial charge in [0.2, 0.25) is 10.0 Å². The number of nitrogen functional groups attached to an aromatic ring is 1. The Kier molecular flexibility index (Phi) is 5.78. The zero-order valence-corrected chi connectivity index (χ0v) is 12.5. The SMILES string of the molecule is CCOCCN(CC)S(=O)(=O)c1ccc(C)cc1N. The lowest BCUT2D eigenvalue weighted by atomic mass is 10.2. The van der Waals surface area contributed by atoms with Gasteiger partial charge in [-0.2, -0.15) is 4.31 Å². The third kappa shape index (κ3) is 3.92. The fourth-order valence-electron chi connectivity index (χ4n) is 1.80. The standard InChI is InChI=1S/C13H22N2O3S/c1-4-15(8-9-18-5-2)19(16,17)13-7-6-11(3)10-12(13)14/h6-7,10H,4-5,8-9,14H2,1-3H3. The first-order chi connectivity index (χ1) is 8.93. The Labute approximate surface area is 115 Å². The van der Waals surface area contributed by atoms with E-state index in [1.54, 1.807) is 25.1 Å². The number of nitrogens with two attached hydrogens (primary N) is 1. The van der Waals surface area contributed by atoms with Crippen LogP contribution < -0.4 is 5.73 Å². The topological polar surface area (TPSA) is 72.6 Å². The highest BCUT2D eigenvalue weighted by Crippen LogP contribution is 2.23. The zero-order chi connectivity index (χ0) is 14.5. The van der Waals surface area contributed by atoms with Crippen LogP contribution in [-0.4, -0.2) is 39.0 Å². The zero-order valence-electron chi connectivity index (χ0n) is 11.7. The van der Waals surface area contributed by atoms with Crippen molar-refractivity contribution in [1.82, 2.24) is 4.31 Å². The highest BCUT2D eigenvalue weighted by molar-refractivity contribution is 7.89. The summed E-state index contributed by atoms with van der Waals surface area (Å²) in [6, 6.07) is 4.98. The molecule has 6 heteroatoms. The van der Waals surface area contributed by atoms with Crippen molar-refractivity contribution >= 4 is 15.7 Å². The first kappa shape index (κ1) is 15.9. The van der Waals surface area contributed by atoms with E-state index in [-0.39, 0.29) is 10.6 Å². The van der Waals surface area contributed by atoms with Gasteiger partial charge in [0.15, 0.2) is 0 Å². The molecule has 0 aromatic heterocycles. The molecule has 0 saturated heterocycles. The van der Waals surface area contributed by atoms with Crippen molar-refractivity contribution in [3.8, 4) is 0 Å². The van der Waals surface area contributed by atoms with Crippen molar-refractivity contribution in [2.24, 2.45) is 0 Å². The summed E-state index contributed by atoms with van der Waals surface area (Å²) in [5.74, 6) is 0. The van der Waals surface area contributed by atoms with E-state index in [9.17, 15) is 8.42 Å². The Morgan fingerprint density at radius 2 is 2.00 bits per heavy atom. The monoisotopic (exact) mass is 286 g/mol. The number of rotatable bonds is 7. The molecule has 5 nitrogen and oxygen atoms in total. The Hall–Kier alpha value is -1.11. The fraction of sp³-hybridized carbons (Fsp3) is 0.538. The summed E-state index contributed by atoms with van der Waals surface area (Å²) < 4.78 is 31.5. The van der Waals surface area contributed by atoms with Gasteiger partial charge in [0.1, 0.15) is 4.90 Å². The van der Waals surface area contributed by atoms with E-state index in [0.717, 1.165) is 5.56 Å². The van der Waals surface area contributed by atoms with Gasteiger partial charge < -0.3 is 10.5 Å². The molecule has 1 aromatic rings. The van der Waals surface area contributed by atoms with Crippen LogP contribution in [0.2, 0.25) is 0 Å². The average Bonchev–Trinajstić information content (AvgIpc) is 2.33. The number of likely N-dealkylation sites (N-methyl/N-ethyl adjacent to an activating group) is 1. The largest absolute Gasteiger partial charge is 0.398 e. The molecule has 2 N–H and O–H groups in total. The number of hydrogen-bond donors (Lipinski definition) is 1. The quantitative estimate of drug-likeness (QED) is 0.611. The molecule has 0 amide bonds. The maximum absolute atomic E-state index is 12.5. The highest BCUT2D eigenvalue weighted by atomic mass is 32.2. The minimum atomic E-state index is -3.55. The smallest absolute Gasteiger partial charge is 0.245 e. The van der Waals surface area contributed by atoms with Crippen molar-refractivity contribution in [3.05, 3.63) is 23.8 Å². The molecule has 0 unspecified atom stereocenters. The maximum atomic E-state index is 12.5. The molecule has 19 heavy (non-hydrogen) atoms. The lowest BCUT2D eigenvalue weighted by molar-refractivity contribution is 0.135. The van der Waals surface area contributed by atoms with Crippen LogP contribution in [0.3, 0.4) is 0 Å². The van der Waals surface area contributed by atoms with Gasteiger partial charge >= 0.3 is 0 Å². The molecule has 0 radical (unpaired) electrons. The second kappa shape index (κ2) is 6.88. The summed E-state index contributed by atoms with van der Waals surface area (Å²) in [7, 11) is -3.55. The molecule has 0 spiro atoms. The minimum Gasteiger partial charge on any atom is -0.398 e. The normalized spacial score (nSPS) is 12.0. The summed E-state index contributed by atoms with van der Waals surface area (Å²) >= 11 is 0. The number of ether oxygens (including phenoxy) is 1. The number of anilines is 1. The van der Waals surface area contributed by atoms with Crippen LogP contribution in [0.5, 0.6) is 0 Å². The van der Waals surface area contributed by atoms with E-state index in [0.29, 0.717) is 26.3 Å². The van der Waals surface area contributed by atoms with Crippen molar-refractivity contribution in [2.75, 3.05) is 32.0 Å². The molecule has 0 heterocycles. The minimum absolute atomic E-state index is 0.163. The first-order valence-electron chi connectivity index (χ1n) is 6.37. The molecule has 0 aliphatic rings. The van der Waals surface area contributed by atoms with Crippen LogP contribution in [0.1, 0.15) is 19.4 Å². The predicted octanol–water partition coefficient (Wildman–Crippen LogP) is 1.62. The van der Waals surface area contributed by atoms with Gasteiger partial charge in [-0.1, -0.05) is 13.0 Å². The van der Waals surface area contributed by atoms with Crippen LogP contribution in [0, 0.1) is 6.92 Å². The van der Waals surface area contributed by atoms with E-state index in [1.165, 1.54) is 4.31 Å². The van der Waals surface area contributed by atoms with Crippen molar-refractivity contribution < 1.29 is 13.2 Å². The highest BCUT2D eigenvalue weighted by Gasteiger charge is 2.24. The lowest BCUT2D eigenvalue weighted by Crippen LogP contribution is -2.34. The average molecular weight is 286 g/mol. The Morgan fingerprint density at radius 3 is 2.53 bits per heavy atom. The van der Waals surface area contributed by atoms with Crippen LogP contribution in [0.15, 0.2) is 23.1 Å². The number of nitrogens with zero attached hydrogens (tertiary/aromatic N) is 1. The van der Waals surface area contributed by atoms with Crippen LogP contribution in [0.25, 0.3) is 0 Å². The fourth-order valence-corrected chi connectivity index (χ4v) is 3.33. The molecule has 0 bridgehead atoms. The van der Waals surface area contributed by atoms with Crippen molar-refractivity contribution in [3.63, 3.8) is 0 Å². The molecule has 0 fully saturated rings. The molecule has 0 saturated carbocycles. The van der Waals surface area contributed by atoms with Gasteiger partial charge in [0.05, 0.1) is 12.3 Å². The Morgan fingerprint density at radius 1 is 1.32 bits per heavy atom. The van der Waals surface area contributed by atoms with E-state index in [4.69, 9.17) is 10.5 Å². The van der Waals surface area contributed by atoms with Crippen LogP contribution in [0.4, 0.5) is 5.69 Å². The van der Waals surface area contributed by atoms with Crippen molar-refractivity contribution in [1.29, 1.82) is 0 Å². The van der Waals surface area contributed by atoms with E-state index in [1.807, 2.05) is 13.8 Å². The molecule has 1 rings (SSSR count). The summed E-state index contributed by atoms with van der Waals surface area (Å²) in [5.41, 5.74) is 7.04. The molecule has 0 aliphatic heterocycles. The molecular weight excluding hydrogens is 264 g/mol. The number of hydrogen-bond acceptors (Lipinski definition) is 4. The summed E-state index contributed by atoms with van der Waals surface area (Å²) in [5, 5.41) is 0. The second-order valence-corrected chi connectivity index (χ2v) is 6.14. The molecule has 0 atom stereocenters. The van der Waals surface area contributed by atoms with E-state index >= 15 is 0 Å². The van der Waals surface area contributed by atoms with Gasteiger partial charge in [-0.05, 0) is 31.5 Å². The number of sulfonamides is 1. The molecule has 1 aromatic carbocycles. The van der Waals surface area contributed by atoms with E-state index in [2.05, 4.69) is 0 Å². The third-order valence-electron chi connectivity index (χ3n) is 2.82. The van der Waals surface area contributed by atoms with Gasteiger partial charge in [-0.3, -0.25) is 0 Å². The summed E-state index contributed by atoms with van der Waals surface area (Å²) in [6.07, 6.45) is 0. The molecular formula is C13H22N2O3S. The molecule has 108 valence electrons. The Bertz CT molecular complexity index is 515. The summed E-state index contributed by atoms with van der Waals surface area (Å²) in [6.45, 7) is 7.23. The summed E-state index contributed by atoms with van der Waals surface area (Å²) in [4.78, 5) is 0.163. The van der Waals surface area contributed by atoms with E-state index < -0.39 is 10.0 Å². The van der Waals surface area contributed by atoms with Crippen molar-refractivity contribution in [2.45, 2.75) is 25.7 Å². The number of aryl methyl sites for hydroxylation is 1. The second-order valence-electron chi connectivity index (χ2n) is 4.23. The van der Waals surface area contributed by atoms with Crippen LogP contribution in [-0.2, 0) is 14.8 Å². The van der Waals surface area contributed by atoms with Gasteiger partial charge in [-0.25, -0.2) is 8.42 Å². The Balaban J connectivity index is 2.99. The van der Waals surface area contributed by atoms with Gasteiger partial charge in [-0.15, -0.1) is 0 Å². The van der Waals surface area contributed by atoms with Gasteiger partial charge in [0.25, 0.3) is 0 Å². The predicted molar refractivity (Wildman–Crippen MR) is 76.5 cm³/mol. The first-order valence-corrected chi connectivity index (χ1v) is 7.81. The number of benzene rings is 1. The van der Waals surface area contributed by atoms with Gasteiger partial charge in [0, 0.05) is 19.7 Å². The maximum Gasteiger partial charge on any atom is 0.245 e. The third-order valence-corrected chi connectivity index (χ3v) is 4.87. The van der Waals surface area contributed by atoms with Crippen LogP contribution >= 0.6 is 0 Å². The molecule has 0 aliphatic carbocycles. The lowest BCUT2D eigenvalue weighted by Gasteiger charge is -2.21.